The van der Waals surface area contributed by atoms with Crippen molar-refractivity contribution in [3.05, 3.63) is 53.9 Å². The normalized spacial score (nSPS) is 12.3. The highest BCUT2D eigenvalue weighted by atomic mass is 32.2. The Kier molecular flexibility index (Phi) is 4.98. The average molecular weight is 289 g/mol. The van der Waals surface area contributed by atoms with Crippen LogP contribution in [0.3, 0.4) is 0 Å². The number of nitrogens with zero attached hydrogens (tertiary/aromatic N) is 3. The van der Waals surface area contributed by atoms with Gasteiger partial charge in [-0.1, -0.05) is 47.7 Å². The minimum Gasteiger partial charge on any atom is -0.388 e. The van der Waals surface area contributed by atoms with E-state index in [1.807, 2.05) is 48.8 Å². The summed E-state index contributed by atoms with van der Waals surface area (Å²) in [5.41, 5.74) is 2.12. The van der Waals surface area contributed by atoms with E-state index in [0.29, 0.717) is 12.3 Å². The standard InChI is InChI=1S/C15H19N3OS/c1-4-9-18-12(3)16-17-15(18)20-10-14(19)13-7-5-11(2)6-8-13/h4-8,14,19H,1,9-10H2,2-3H3. The summed E-state index contributed by atoms with van der Waals surface area (Å²) < 4.78 is 1.99. The number of aliphatic hydroxyl groups excluding tert-OH is 1. The highest BCUT2D eigenvalue weighted by molar-refractivity contribution is 7.99. The van der Waals surface area contributed by atoms with Gasteiger partial charge in [0.1, 0.15) is 5.82 Å². The monoisotopic (exact) mass is 289 g/mol. The highest BCUT2D eigenvalue weighted by Crippen LogP contribution is 2.24. The van der Waals surface area contributed by atoms with Gasteiger partial charge < -0.3 is 9.67 Å². The van der Waals surface area contributed by atoms with Gasteiger partial charge >= 0.3 is 0 Å². The quantitative estimate of drug-likeness (QED) is 0.656. The minimum absolute atomic E-state index is 0.505. The SMILES string of the molecule is C=CCn1c(C)nnc1SCC(O)c1ccc(C)cc1. The Bertz CT molecular complexity index is 577. The molecular weight excluding hydrogens is 270 g/mol. The summed E-state index contributed by atoms with van der Waals surface area (Å²) in [6.07, 6.45) is 1.31. The zero-order valence-corrected chi connectivity index (χ0v) is 12.6. The molecule has 20 heavy (non-hydrogen) atoms. The average Bonchev–Trinajstić information content (AvgIpc) is 2.79. The van der Waals surface area contributed by atoms with Crippen molar-refractivity contribution in [2.24, 2.45) is 0 Å². The van der Waals surface area contributed by atoms with E-state index in [9.17, 15) is 5.11 Å². The molecule has 2 rings (SSSR count). The third kappa shape index (κ3) is 3.49. The topological polar surface area (TPSA) is 50.9 Å². The number of allylic oxidation sites excluding steroid dienone is 1. The molecule has 0 spiro atoms. The van der Waals surface area contributed by atoms with E-state index in [1.54, 1.807) is 0 Å². The van der Waals surface area contributed by atoms with Crippen molar-refractivity contribution < 1.29 is 5.11 Å². The highest BCUT2D eigenvalue weighted by Gasteiger charge is 2.12. The molecule has 4 nitrogen and oxygen atoms in total. The van der Waals surface area contributed by atoms with Crippen LogP contribution < -0.4 is 0 Å². The fraction of sp³-hybridized carbons (Fsp3) is 0.333. The zero-order valence-electron chi connectivity index (χ0n) is 11.8. The van der Waals surface area contributed by atoms with Gasteiger partial charge in [0.05, 0.1) is 6.10 Å². The van der Waals surface area contributed by atoms with Gasteiger partial charge in [-0.15, -0.1) is 16.8 Å². The van der Waals surface area contributed by atoms with Gasteiger partial charge in [-0.05, 0) is 19.4 Å². The Morgan fingerprint density at radius 3 is 2.65 bits per heavy atom. The van der Waals surface area contributed by atoms with Gasteiger partial charge in [0.25, 0.3) is 0 Å². The van der Waals surface area contributed by atoms with Crippen molar-refractivity contribution in [1.29, 1.82) is 0 Å². The first-order valence-corrected chi connectivity index (χ1v) is 7.48. The molecule has 0 fully saturated rings. The largest absolute Gasteiger partial charge is 0.388 e. The van der Waals surface area contributed by atoms with Crippen molar-refractivity contribution >= 4 is 11.8 Å². The van der Waals surface area contributed by atoms with Crippen LogP contribution in [-0.2, 0) is 6.54 Å². The second-order valence-electron chi connectivity index (χ2n) is 4.67. The second kappa shape index (κ2) is 6.72. The first-order valence-electron chi connectivity index (χ1n) is 6.50. The minimum atomic E-state index is -0.505. The molecule has 1 heterocycles. The number of hydrogen-bond donors (Lipinski definition) is 1. The van der Waals surface area contributed by atoms with E-state index < -0.39 is 6.10 Å². The van der Waals surface area contributed by atoms with Gasteiger partial charge in [0.2, 0.25) is 0 Å². The van der Waals surface area contributed by atoms with Crippen LogP contribution in [0.5, 0.6) is 0 Å². The maximum atomic E-state index is 10.2. The molecule has 0 aliphatic rings. The Balaban J connectivity index is 2.01. The van der Waals surface area contributed by atoms with Crippen LogP contribution in [0.4, 0.5) is 0 Å². The second-order valence-corrected chi connectivity index (χ2v) is 5.65. The molecule has 0 bridgehead atoms. The molecule has 1 aromatic heterocycles. The predicted octanol–water partition coefficient (Wildman–Crippen LogP) is 2.91. The Morgan fingerprint density at radius 2 is 2.00 bits per heavy atom. The van der Waals surface area contributed by atoms with Crippen LogP contribution >= 0.6 is 11.8 Å². The summed E-state index contributed by atoms with van der Waals surface area (Å²) in [7, 11) is 0. The van der Waals surface area contributed by atoms with Crippen LogP contribution in [0.15, 0.2) is 42.1 Å². The van der Waals surface area contributed by atoms with Gasteiger partial charge in [-0.25, -0.2) is 0 Å². The predicted molar refractivity (Wildman–Crippen MR) is 81.8 cm³/mol. The number of aromatic nitrogens is 3. The van der Waals surface area contributed by atoms with E-state index in [0.717, 1.165) is 16.5 Å². The first-order chi connectivity index (χ1) is 9.61. The van der Waals surface area contributed by atoms with Crippen LogP contribution in [0.1, 0.15) is 23.1 Å². The lowest BCUT2D eigenvalue weighted by Gasteiger charge is -2.11. The maximum Gasteiger partial charge on any atom is 0.191 e. The summed E-state index contributed by atoms with van der Waals surface area (Å²) >= 11 is 1.51. The third-order valence-corrected chi connectivity index (χ3v) is 4.09. The number of benzene rings is 1. The smallest absolute Gasteiger partial charge is 0.191 e. The van der Waals surface area contributed by atoms with Crippen molar-refractivity contribution in [3.8, 4) is 0 Å². The van der Waals surface area contributed by atoms with Crippen LogP contribution in [0, 0.1) is 13.8 Å². The zero-order chi connectivity index (χ0) is 14.5. The lowest BCUT2D eigenvalue weighted by atomic mass is 10.1. The van der Waals surface area contributed by atoms with E-state index in [1.165, 1.54) is 17.3 Å². The fourth-order valence-electron chi connectivity index (χ4n) is 1.85. The van der Waals surface area contributed by atoms with Crippen molar-refractivity contribution in [1.82, 2.24) is 14.8 Å². The molecule has 0 saturated carbocycles. The van der Waals surface area contributed by atoms with Crippen LogP contribution in [0.2, 0.25) is 0 Å². The van der Waals surface area contributed by atoms with Crippen LogP contribution in [-0.4, -0.2) is 25.6 Å². The lowest BCUT2D eigenvalue weighted by Crippen LogP contribution is -2.04. The molecule has 0 amide bonds. The van der Waals surface area contributed by atoms with Gasteiger partial charge in [0, 0.05) is 12.3 Å². The molecular formula is C15H19N3OS. The molecule has 2 aromatic rings. The molecule has 1 N–H and O–H groups in total. The van der Waals surface area contributed by atoms with E-state index in [4.69, 9.17) is 0 Å². The van der Waals surface area contributed by atoms with Crippen molar-refractivity contribution in [2.75, 3.05) is 5.75 Å². The molecule has 106 valence electrons. The number of thioether (sulfide) groups is 1. The molecule has 1 aromatic carbocycles. The molecule has 0 radical (unpaired) electrons. The van der Waals surface area contributed by atoms with Gasteiger partial charge in [-0.3, -0.25) is 0 Å². The molecule has 1 atom stereocenters. The first kappa shape index (κ1) is 14.8. The number of aliphatic hydroxyl groups is 1. The summed E-state index contributed by atoms with van der Waals surface area (Å²) in [5, 5.41) is 19.2. The summed E-state index contributed by atoms with van der Waals surface area (Å²) in [5.74, 6) is 1.41. The van der Waals surface area contributed by atoms with Crippen molar-refractivity contribution in [2.45, 2.75) is 31.7 Å². The Hall–Kier alpha value is -1.59. The number of rotatable bonds is 6. The number of aryl methyl sites for hydroxylation is 2. The molecule has 0 aliphatic heterocycles. The van der Waals surface area contributed by atoms with Gasteiger partial charge in [-0.2, -0.15) is 0 Å². The summed E-state index contributed by atoms with van der Waals surface area (Å²) in [4.78, 5) is 0. The van der Waals surface area contributed by atoms with Gasteiger partial charge in [0.15, 0.2) is 5.16 Å². The summed E-state index contributed by atoms with van der Waals surface area (Å²) in [6, 6.07) is 7.93. The van der Waals surface area contributed by atoms with E-state index in [2.05, 4.69) is 16.8 Å². The Labute approximate surface area is 123 Å². The molecule has 0 saturated heterocycles. The van der Waals surface area contributed by atoms with E-state index in [-0.39, 0.29) is 0 Å². The Morgan fingerprint density at radius 1 is 1.30 bits per heavy atom. The van der Waals surface area contributed by atoms with Crippen LogP contribution in [0.25, 0.3) is 0 Å². The lowest BCUT2D eigenvalue weighted by molar-refractivity contribution is 0.204. The molecule has 1 unspecified atom stereocenters. The molecule has 5 heteroatoms. The van der Waals surface area contributed by atoms with Crippen molar-refractivity contribution in [3.63, 3.8) is 0 Å². The number of hydrogen-bond acceptors (Lipinski definition) is 4. The summed E-state index contributed by atoms with van der Waals surface area (Å²) in [6.45, 7) is 8.36. The molecule has 0 aliphatic carbocycles. The van der Waals surface area contributed by atoms with E-state index >= 15 is 0 Å². The fourth-order valence-corrected chi connectivity index (χ4v) is 2.81. The third-order valence-electron chi connectivity index (χ3n) is 3.05. The maximum absolute atomic E-state index is 10.2.